The van der Waals surface area contributed by atoms with Crippen molar-refractivity contribution in [2.45, 2.75) is 6.29 Å². The van der Waals surface area contributed by atoms with E-state index in [-0.39, 0.29) is 12.3 Å². The number of carbonyl (C=O) groups is 1. The summed E-state index contributed by atoms with van der Waals surface area (Å²) >= 11 is 0. The maximum Gasteiger partial charge on any atom is 0.163 e. The van der Waals surface area contributed by atoms with E-state index in [0.717, 1.165) is 5.69 Å². The van der Waals surface area contributed by atoms with Crippen molar-refractivity contribution < 1.29 is 15.0 Å². The van der Waals surface area contributed by atoms with Crippen molar-refractivity contribution >= 4 is 11.5 Å². The van der Waals surface area contributed by atoms with Gasteiger partial charge in [-0.2, -0.15) is 0 Å². The molecule has 1 heterocycles. The standard InChI is InChI=1S/C11H13NO3/c13-10-7-12(6-9(10)11(14)15)8-4-2-1-3-5-8/h1-5,9,11,14-15H,6-7H2. The summed E-state index contributed by atoms with van der Waals surface area (Å²) in [6.07, 6.45) is -1.55. The van der Waals surface area contributed by atoms with Gasteiger partial charge in [-0.1, -0.05) is 18.2 Å². The molecule has 0 amide bonds. The minimum absolute atomic E-state index is 0.117. The zero-order valence-electron chi connectivity index (χ0n) is 8.21. The minimum Gasteiger partial charge on any atom is -0.367 e. The van der Waals surface area contributed by atoms with Crippen LogP contribution in [0.5, 0.6) is 0 Å². The fourth-order valence-electron chi connectivity index (χ4n) is 1.81. The van der Waals surface area contributed by atoms with Crippen LogP contribution in [0.25, 0.3) is 0 Å². The Morgan fingerprint density at radius 3 is 2.47 bits per heavy atom. The third-order valence-corrected chi connectivity index (χ3v) is 2.66. The van der Waals surface area contributed by atoms with Gasteiger partial charge in [0.05, 0.1) is 12.5 Å². The number of anilines is 1. The summed E-state index contributed by atoms with van der Waals surface area (Å²) < 4.78 is 0. The van der Waals surface area contributed by atoms with Gasteiger partial charge in [0, 0.05) is 12.2 Å². The van der Waals surface area contributed by atoms with Gasteiger partial charge < -0.3 is 15.1 Å². The van der Waals surface area contributed by atoms with E-state index in [4.69, 9.17) is 10.2 Å². The quantitative estimate of drug-likeness (QED) is 0.670. The molecule has 1 unspecified atom stereocenters. The van der Waals surface area contributed by atoms with Crippen molar-refractivity contribution in [2.75, 3.05) is 18.0 Å². The Balaban J connectivity index is 2.13. The van der Waals surface area contributed by atoms with E-state index in [2.05, 4.69) is 0 Å². The molecule has 0 radical (unpaired) electrons. The zero-order chi connectivity index (χ0) is 10.8. The first-order valence-corrected chi connectivity index (χ1v) is 4.87. The fraction of sp³-hybridized carbons (Fsp3) is 0.364. The van der Waals surface area contributed by atoms with Gasteiger partial charge >= 0.3 is 0 Å². The van der Waals surface area contributed by atoms with Gasteiger partial charge in [-0.3, -0.25) is 4.79 Å². The van der Waals surface area contributed by atoms with Gasteiger partial charge in [-0.25, -0.2) is 0 Å². The Hall–Kier alpha value is -1.39. The van der Waals surface area contributed by atoms with E-state index >= 15 is 0 Å². The molecule has 0 saturated carbocycles. The zero-order valence-corrected chi connectivity index (χ0v) is 8.21. The predicted octanol–water partition coefficient (Wildman–Crippen LogP) is 0.00260. The van der Waals surface area contributed by atoms with Crippen LogP contribution in [0, 0.1) is 5.92 Å². The molecule has 1 aromatic carbocycles. The lowest BCUT2D eigenvalue weighted by atomic mass is 10.1. The highest BCUT2D eigenvalue weighted by Crippen LogP contribution is 2.22. The lowest BCUT2D eigenvalue weighted by molar-refractivity contribution is -0.133. The summed E-state index contributed by atoms with van der Waals surface area (Å²) in [5, 5.41) is 18.0. The van der Waals surface area contributed by atoms with Crippen LogP contribution in [-0.2, 0) is 4.79 Å². The summed E-state index contributed by atoms with van der Waals surface area (Å²) in [6, 6.07) is 9.49. The molecule has 0 aromatic heterocycles. The molecule has 1 fully saturated rings. The molecular formula is C11H13NO3. The average molecular weight is 207 g/mol. The lowest BCUT2D eigenvalue weighted by Gasteiger charge is -2.17. The second kappa shape index (κ2) is 4.00. The molecule has 1 saturated heterocycles. The van der Waals surface area contributed by atoms with Crippen LogP contribution in [-0.4, -0.2) is 35.4 Å². The van der Waals surface area contributed by atoms with Crippen molar-refractivity contribution in [3.63, 3.8) is 0 Å². The first-order valence-electron chi connectivity index (χ1n) is 4.87. The Labute approximate surface area is 87.8 Å². The number of hydrogen-bond acceptors (Lipinski definition) is 4. The number of carbonyl (C=O) groups excluding carboxylic acids is 1. The number of ketones is 1. The summed E-state index contributed by atoms with van der Waals surface area (Å²) in [6.45, 7) is 0.632. The number of benzene rings is 1. The van der Waals surface area contributed by atoms with E-state index in [0.29, 0.717) is 6.54 Å². The molecule has 4 heteroatoms. The molecule has 1 aliphatic heterocycles. The van der Waals surface area contributed by atoms with Crippen LogP contribution < -0.4 is 4.90 Å². The lowest BCUT2D eigenvalue weighted by Crippen LogP contribution is -2.27. The summed E-state index contributed by atoms with van der Waals surface area (Å²) in [7, 11) is 0. The van der Waals surface area contributed by atoms with E-state index in [9.17, 15) is 4.79 Å². The third kappa shape index (κ3) is 2.00. The number of aliphatic hydroxyl groups is 2. The molecule has 0 aliphatic carbocycles. The number of para-hydroxylation sites is 1. The number of rotatable bonds is 2. The van der Waals surface area contributed by atoms with Gasteiger partial charge in [0.15, 0.2) is 12.1 Å². The highest BCUT2D eigenvalue weighted by Gasteiger charge is 2.35. The van der Waals surface area contributed by atoms with Gasteiger partial charge in [-0.05, 0) is 12.1 Å². The number of aliphatic hydroxyl groups excluding tert-OH is 1. The Morgan fingerprint density at radius 2 is 1.93 bits per heavy atom. The van der Waals surface area contributed by atoms with Crippen molar-refractivity contribution in [2.24, 2.45) is 5.92 Å². The van der Waals surface area contributed by atoms with E-state index in [1.165, 1.54) is 0 Å². The van der Waals surface area contributed by atoms with Gasteiger partial charge in [-0.15, -0.1) is 0 Å². The van der Waals surface area contributed by atoms with Crippen LogP contribution in [0.3, 0.4) is 0 Å². The highest BCUT2D eigenvalue weighted by molar-refractivity contribution is 5.89. The second-order valence-corrected chi connectivity index (χ2v) is 3.70. The van der Waals surface area contributed by atoms with Crippen LogP contribution in [0.1, 0.15) is 0 Å². The van der Waals surface area contributed by atoms with Crippen molar-refractivity contribution in [3.8, 4) is 0 Å². The molecule has 15 heavy (non-hydrogen) atoms. The van der Waals surface area contributed by atoms with Gasteiger partial charge in [0.1, 0.15) is 0 Å². The topological polar surface area (TPSA) is 60.8 Å². The smallest absolute Gasteiger partial charge is 0.163 e. The number of Topliss-reactive ketones (excluding diaryl/α,β-unsaturated/α-hetero) is 1. The van der Waals surface area contributed by atoms with E-state index < -0.39 is 12.2 Å². The second-order valence-electron chi connectivity index (χ2n) is 3.70. The maximum absolute atomic E-state index is 11.4. The molecule has 2 rings (SSSR count). The molecular weight excluding hydrogens is 194 g/mol. The summed E-state index contributed by atoms with van der Waals surface area (Å²) in [5.41, 5.74) is 0.939. The highest BCUT2D eigenvalue weighted by atomic mass is 16.5. The minimum atomic E-state index is -1.55. The SMILES string of the molecule is O=C1CN(c2ccccc2)CC1C(O)O. The van der Waals surface area contributed by atoms with Crippen LogP contribution in [0.2, 0.25) is 0 Å². The summed E-state index contributed by atoms with van der Waals surface area (Å²) in [4.78, 5) is 13.3. The van der Waals surface area contributed by atoms with E-state index in [1.54, 1.807) is 0 Å². The third-order valence-electron chi connectivity index (χ3n) is 2.66. The van der Waals surface area contributed by atoms with Crippen molar-refractivity contribution in [1.82, 2.24) is 0 Å². The molecule has 1 atom stereocenters. The van der Waals surface area contributed by atoms with Crippen molar-refractivity contribution in [1.29, 1.82) is 0 Å². The molecule has 2 N–H and O–H groups in total. The largest absolute Gasteiger partial charge is 0.367 e. The average Bonchev–Trinajstić information content (AvgIpc) is 2.62. The first kappa shape index (κ1) is 10.1. The Bertz CT molecular complexity index is 350. The number of hydrogen-bond donors (Lipinski definition) is 2. The Kier molecular flexibility index (Phi) is 2.70. The van der Waals surface area contributed by atoms with Crippen LogP contribution >= 0.6 is 0 Å². The van der Waals surface area contributed by atoms with Crippen LogP contribution in [0.15, 0.2) is 30.3 Å². The molecule has 1 aliphatic rings. The Morgan fingerprint density at radius 1 is 1.27 bits per heavy atom. The molecule has 0 bridgehead atoms. The molecule has 1 aromatic rings. The van der Waals surface area contributed by atoms with Gasteiger partial charge in [0.25, 0.3) is 0 Å². The molecule has 4 nitrogen and oxygen atoms in total. The van der Waals surface area contributed by atoms with Gasteiger partial charge in [0.2, 0.25) is 0 Å². The maximum atomic E-state index is 11.4. The van der Waals surface area contributed by atoms with Crippen molar-refractivity contribution in [3.05, 3.63) is 30.3 Å². The molecule has 0 spiro atoms. The number of nitrogens with zero attached hydrogens (tertiary/aromatic N) is 1. The predicted molar refractivity (Wildman–Crippen MR) is 55.4 cm³/mol. The van der Waals surface area contributed by atoms with Crippen LogP contribution in [0.4, 0.5) is 5.69 Å². The fourth-order valence-corrected chi connectivity index (χ4v) is 1.81. The van der Waals surface area contributed by atoms with E-state index in [1.807, 2.05) is 35.2 Å². The molecule has 80 valence electrons. The normalized spacial score (nSPS) is 21.4. The first-order chi connectivity index (χ1) is 7.18. The summed E-state index contributed by atoms with van der Waals surface area (Å²) in [5.74, 6) is -0.793. The monoisotopic (exact) mass is 207 g/mol.